The van der Waals surface area contributed by atoms with Gasteiger partial charge < -0.3 is 4.74 Å². The molecule has 4 heteroatoms. The number of carbonyl (C=O) groups excluding carboxylic acids is 1. The Morgan fingerprint density at radius 1 is 1.33 bits per heavy atom. The van der Waals surface area contributed by atoms with Crippen molar-refractivity contribution in [2.24, 2.45) is 0 Å². The monoisotopic (exact) mass is 282 g/mol. The van der Waals surface area contributed by atoms with Crippen LogP contribution in [0.5, 0.6) is 5.75 Å². The van der Waals surface area contributed by atoms with E-state index in [1.54, 1.807) is 18.9 Å². The molecule has 1 aliphatic heterocycles. The highest BCUT2D eigenvalue weighted by molar-refractivity contribution is 8.07. The number of methoxy groups -OCH3 is 1. The van der Waals surface area contributed by atoms with Crippen LogP contribution in [-0.4, -0.2) is 34.9 Å². The molecule has 2 unspecified atom stereocenters. The summed E-state index contributed by atoms with van der Waals surface area (Å²) < 4.78 is 5.31. The zero-order valence-corrected chi connectivity index (χ0v) is 12.6. The Morgan fingerprint density at radius 2 is 2.06 bits per heavy atom. The summed E-state index contributed by atoms with van der Waals surface area (Å²) >= 11 is 3.66. The molecule has 0 saturated carbocycles. The Labute approximate surface area is 117 Å². The van der Waals surface area contributed by atoms with Crippen molar-refractivity contribution in [3.63, 3.8) is 0 Å². The van der Waals surface area contributed by atoms with E-state index in [1.807, 2.05) is 36.9 Å². The zero-order chi connectivity index (χ0) is 13.1. The summed E-state index contributed by atoms with van der Waals surface area (Å²) in [6.45, 7) is 4.14. The lowest BCUT2D eigenvalue weighted by atomic mass is 10.0. The number of rotatable bonds is 3. The van der Waals surface area contributed by atoms with Crippen LogP contribution >= 0.6 is 23.5 Å². The summed E-state index contributed by atoms with van der Waals surface area (Å²) in [7, 11) is 1.62. The second-order valence-electron chi connectivity index (χ2n) is 4.44. The molecule has 1 saturated heterocycles. The number of hydrogen-bond acceptors (Lipinski definition) is 4. The maximum atomic E-state index is 12.6. The standard InChI is InChI=1S/C14H18O2S2/c1-9-4-5-12(16-3)11(8-9)13(15)14-10(2)17-6-7-18-14/h4-5,8,10,14H,6-7H2,1-3H3. The van der Waals surface area contributed by atoms with E-state index >= 15 is 0 Å². The first-order chi connectivity index (χ1) is 8.63. The fraction of sp³-hybridized carbons (Fsp3) is 0.500. The van der Waals surface area contributed by atoms with Crippen molar-refractivity contribution in [1.29, 1.82) is 0 Å². The first-order valence-electron chi connectivity index (χ1n) is 6.05. The van der Waals surface area contributed by atoms with Crippen LogP contribution < -0.4 is 4.74 Å². The summed E-state index contributed by atoms with van der Waals surface area (Å²) in [4.78, 5) is 12.6. The van der Waals surface area contributed by atoms with Gasteiger partial charge in [-0.1, -0.05) is 18.6 Å². The maximum absolute atomic E-state index is 12.6. The molecule has 1 heterocycles. The Hall–Kier alpha value is -0.610. The van der Waals surface area contributed by atoms with Crippen molar-refractivity contribution in [1.82, 2.24) is 0 Å². The van der Waals surface area contributed by atoms with Gasteiger partial charge in [0.1, 0.15) is 5.75 Å². The first kappa shape index (κ1) is 13.8. The molecule has 0 N–H and O–H groups in total. The third kappa shape index (κ3) is 2.86. The molecular formula is C14H18O2S2. The van der Waals surface area contributed by atoms with Crippen molar-refractivity contribution in [2.45, 2.75) is 24.3 Å². The molecule has 1 aromatic carbocycles. The van der Waals surface area contributed by atoms with Crippen molar-refractivity contribution in [3.05, 3.63) is 29.3 Å². The minimum absolute atomic E-state index is 0.0550. The quantitative estimate of drug-likeness (QED) is 0.794. The Kier molecular flexibility index (Phi) is 4.62. The number of ether oxygens (including phenoxy) is 1. The number of hydrogen-bond donors (Lipinski definition) is 0. The van der Waals surface area contributed by atoms with Crippen LogP contribution in [-0.2, 0) is 0 Å². The largest absolute Gasteiger partial charge is 0.496 e. The highest BCUT2D eigenvalue weighted by Crippen LogP contribution is 2.35. The molecule has 0 amide bonds. The van der Waals surface area contributed by atoms with Crippen LogP contribution in [0.15, 0.2) is 18.2 Å². The molecule has 2 atom stereocenters. The lowest BCUT2D eigenvalue weighted by Gasteiger charge is -2.27. The molecule has 2 rings (SSSR count). The molecule has 98 valence electrons. The SMILES string of the molecule is COc1ccc(C)cc1C(=O)C1SCCSC1C. The molecule has 2 nitrogen and oxygen atoms in total. The van der Waals surface area contributed by atoms with E-state index in [0.29, 0.717) is 11.0 Å². The summed E-state index contributed by atoms with van der Waals surface area (Å²) in [5, 5.41) is 0.431. The van der Waals surface area contributed by atoms with Gasteiger partial charge in [-0.25, -0.2) is 0 Å². The Balaban J connectivity index is 2.29. The van der Waals surface area contributed by atoms with Gasteiger partial charge in [-0.05, 0) is 19.1 Å². The molecule has 18 heavy (non-hydrogen) atoms. The van der Waals surface area contributed by atoms with E-state index < -0.39 is 0 Å². The van der Waals surface area contributed by atoms with E-state index in [0.717, 1.165) is 22.6 Å². The number of Topliss-reactive ketones (excluding diaryl/α,β-unsaturated/α-hetero) is 1. The maximum Gasteiger partial charge on any atom is 0.180 e. The van der Waals surface area contributed by atoms with Gasteiger partial charge in [0, 0.05) is 16.8 Å². The number of carbonyl (C=O) groups is 1. The fourth-order valence-electron chi connectivity index (χ4n) is 2.09. The van der Waals surface area contributed by atoms with Gasteiger partial charge in [0.2, 0.25) is 0 Å². The lowest BCUT2D eigenvalue weighted by Crippen LogP contribution is -2.31. The number of aryl methyl sites for hydroxylation is 1. The van der Waals surface area contributed by atoms with Crippen LogP contribution in [0.25, 0.3) is 0 Å². The van der Waals surface area contributed by atoms with Crippen molar-refractivity contribution >= 4 is 29.3 Å². The molecule has 0 radical (unpaired) electrons. The van der Waals surface area contributed by atoms with E-state index in [2.05, 4.69) is 6.92 Å². The predicted octanol–water partition coefficient (Wildman–Crippen LogP) is 3.42. The highest BCUT2D eigenvalue weighted by atomic mass is 32.2. The number of benzene rings is 1. The van der Waals surface area contributed by atoms with Crippen LogP contribution in [0.1, 0.15) is 22.8 Å². The molecule has 1 aromatic rings. The van der Waals surface area contributed by atoms with Crippen molar-refractivity contribution in [3.8, 4) is 5.75 Å². The van der Waals surface area contributed by atoms with Gasteiger partial charge in [-0.2, -0.15) is 11.8 Å². The van der Waals surface area contributed by atoms with E-state index in [1.165, 1.54) is 0 Å². The summed E-state index contributed by atoms with van der Waals surface area (Å²) in [6.07, 6.45) is 0. The van der Waals surface area contributed by atoms with E-state index in [-0.39, 0.29) is 11.0 Å². The van der Waals surface area contributed by atoms with Crippen LogP contribution in [0.2, 0.25) is 0 Å². The van der Waals surface area contributed by atoms with Gasteiger partial charge in [0.05, 0.1) is 17.9 Å². The minimum atomic E-state index is 0.0550. The smallest absolute Gasteiger partial charge is 0.180 e. The number of thioether (sulfide) groups is 2. The average molecular weight is 282 g/mol. The zero-order valence-electron chi connectivity index (χ0n) is 10.9. The van der Waals surface area contributed by atoms with Gasteiger partial charge >= 0.3 is 0 Å². The summed E-state index contributed by atoms with van der Waals surface area (Å²) in [5.74, 6) is 3.09. The number of ketones is 1. The second-order valence-corrected chi connectivity index (χ2v) is 7.17. The molecule has 0 aromatic heterocycles. The molecule has 0 aliphatic carbocycles. The molecular weight excluding hydrogens is 264 g/mol. The van der Waals surface area contributed by atoms with E-state index in [9.17, 15) is 4.79 Å². The molecule has 0 bridgehead atoms. The minimum Gasteiger partial charge on any atom is -0.496 e. The van der Waals surface area contributed by atoms with Crippen LogP contribution in [0.3, 0.4) is 0 Å². The normalized spacial score (nSPS) is 23.7. The van der Waals surface area contributed by atoms with Crippen LogP contribution in [0.4, 0.5) is 0 Å². The fourth-order valence-corrected chi connectivity index (χ4v) is 4.80. The predicted molar refractivity (Wildman–Crippen MR) is 80.2 cm³/mol. The van der Waals surface area contributed by atoms with E-state index in [4.69, 9.17) is 4.74 Å². The Bertz CT molecular complexity index is 445. The van der Waals surface area contributed by atoms with Crippen LogP contribution in [0, 0.1) is 6.92 Å². The van der Waals surface area contributed by atoms with Crippen molar-refractivity contribution in [2.75, 3.05) is 18.6 Å². The molecule has 1 aliphatic rings. The lowest BCUT2D eigenvalue weighted by molar-refractivity contribution is 0.0986. The molecule has 1 fully saturated rings. The van der Waals surface area contributed by atoms with Gasteiger partial charge in [-0.3, -0.25) is 4.79 Å². The molecule has 0 spiro atoms. The first-order valence-corrected chi connectivity index (χ1v) is 8.15. The van der Waals surface area contributed by atoms with Gasteiger partial charge in [-0.15, -0.1) is 11.8 Å². The van der Waals surface area contributed by atoms with Gasteiger partial charge in [0.25, 0.3) is 0 Å². The summed E-state index contributed by atoms with van der Waals surface area (Å²) in [5.41, 5.74) is 1.82. The third-order valence-electron chi connectivity index (χ3n) is 3.07. The summed E-state index contributed by atoms with van der Waals surface area (Å²) in [6, 6.07) is 5.80. The highest BCUT2D eigenvalue weighted by Gasteiger charge is 2.31. The second kappa shape index (κ2) is 6.02. The third-order valence-corrected chi connectivity index (χ3v) is 6.16. The topological polar surface area (TPSA) is 26.3 Å². The average Bonchev–Trinajstić information content (AvgIpc) is 2.38. The Morgan fingerprint density at radius 3 is 2.72 bits per heavy atom. The van der Waals surface area contributed by atoms with Crippen molar-refractivity contribution < 1.29 is 9.53 Å². The van der Waals surface area contributed by atoms with Gasteiger partial charge in [0.15, 0.2) is 5.78 Å².